The van der Waals surface area contributed by atoms with Crippen LogP contribution in [-0.4, -0.2) is 56.9 Å². The van der Waals surface area contributed by atoms with Gasteiger partial charge in [0.05, 0.1) is 39.6 Å². The number of benzene rings is 3. The number of nitrogens with one attached hydrogen (secondary N) is 1. The maximum Gasteiger partial charge on any atom is 0.260 e. The first kappa shape index (κ1) is 29.1. The van der Waals surface area contributed by atoms with Gasteiger partial charge >= 0.3 is 0 Å². The molecule has 1 aliphatic rings. The summed E-state index contributed by atoms with van der Waals surface area (Å²) < 4.78 is 55.2. The van der Waals surface area contributed by atoms with Crippen molar-refractivity contribution in [3.8, 4) is 28.9 Å². The molecule has 0 saturated heterocycles. The number of phenolic OH excluding ortho intramolecular Hbond substituents is 1. The van der Waals surface area contributed by atoms with Crippen LogP contribution in [0.1, 0.15) is 21.5 Å². The van der Waals surface area contributed by atoms with Crippen molar-refractivity contribution in [3.05, 3.63) is 95.2 Å². The molecule has 1 amide bonds. The predicted molar refractivity (Wildman–Crippen MR) is 154 cm³/mol. The van der Waals surface area contributed by atoms with Crippen LogP contribution >= 0.6 is 0 Å². The Hall–Kier alpha value is -5.37. The molecule has 2 heterocycles. The Morgan fingerprint density at radius 1 is 1.07 bits per heavy atom. The number of amides is 1. The van der Waals surface area contributed by atoms with Crippen LogP contribution in [0.4, 0.5) is 8.78 Å². The first-order chi connectivity index (χ1) is 20.5. The molecule has 1 aliphatic heterocycles. The Morgan fingerprint density at radius 2 is 1.84 bits per heavy atom. The number of primary amides is 1. The third kappa shape index (κ3) is 5.85. The average Bonchev–Trinajstić information content (AvgIpc) is 3.42. The highest BCUT2D eigenvalue weighted by atomic mass is 32.2. The van der Waals surface area contributed by atoms with Crippen LogP contribution in [0.5, 0.6) is 28.9 Å². The quantitative estimate of drug-likeness (QED) is 0.164. The Labute approximate surface area is 246 Å². The van der Waals surface area contributed by atoms with E-state index in [1.807, 2.05) is 0 Å². The SMILES string of the molecule is CN1CCN=C1c1cc(S(=O)c2ccccc2C(N)=O)ccc1Oc1c(F)cnc(Oc2cc(C(=N)N)ccc2O)c1F. The molecule has 43 heavy (non-hydrogen) atoms. The molecule has 0 bridgehead atoms. The first-order valence-corrected chi connectivity index (χ1v) is 13.8. The van der Waals surface area contributed by atoms with E-state index >= 15 is 4.39 Å². The van der Waals surface area contributed by atoms with Gasteiger partial charge in [0.15, 0.2) is 17.3 Å². The largest absolute Gasteiger partial charge is 0.504 e. The fourth-order valence-electron chi connectivity index (χ4n) is 4.25. The lowest BCUT2D eigenvalue weighted by atomic mass is 10.1. The summed E-state index contributed by atoms with van der Waals surface area (Å²) in [5.74, 6) is -5.38. The monoisotopic (exact) mass is 606 g/mol. The molecular formula is C29H24F2N6O5S. The predicted octanol–water partition coefficient (Wildman–Crippen LogP) is 3.89. The highest BCUT2D eigenvalue weighted by Gasteiger charge is 2.26. The van der Waals surface area contributed by atoms with Gasteiger partial charge in [0.2, 0.25) is 17.5 Å². The van der Waals surface area contributed by atoms with Crippen molar-refractivity contribution in [2.45, 2.75) is 9.79 Å². The number of ether oxygens (including phenoxy) is 2. The molecular weight excluding hydrogens is 582 g/mol. The third-order valence-electron chi connectivity index (χ3n) is 6.41. The van der Waals surface area contributed by atoms with Gasteiger partial charge in [-0.3, -0.25) is 15.2 Å². The Morgan fingerprint density at radius 3 is 2.53 bits per heavy atom. The molecule has 0 spiro atoms. The molecule has 4 aromatic rings. The van der Waals surface area contributed by atoms with E-state index in [2.05, 4.69) is 9.98 Å². The number of nitrogen functional groups attached to an aromatic ring is 1. The number of nitrogens with two attached hydrogens (primary N) is 2. The van der Waals surface area contributed by atoms with Crippen molar-refractivity contribution in [3.63, 3.8) is 0 Å². The minimum atomic E-state index is -1.85. The number of aromatic hydroxyl groups is 1. The van der Waals surface area contributed by atoms with Crippen LogP contribution in [0, 0.1) is 17.0 Å². The van der Waals surface area contributed by atoms with Gasteiger partial charge in [-0.1, -0.05) is 12.1 Å². The zero-order valence-corrected chi connectivity index (χ0v) is 23.3. The second-order valence-corrected chi connectivity index (χ2v) is 10.7. The topological polar surface area (TPSA) is 177 Å². The van der Waals surface area contributed by atoms with E-state index in [9.17, 15) is 18.5 Å². The van der Waals surface area contributed by atoms with Crippen molar-refractivity contribution in [2.24, 2.45) is 16.5 Å². The van der Waals surface area contributed by atoms with Crippen molar-refractivity contribution >= 4 is 28.4 Å². The van der Waals surface area contributed by atoms with Crippen LogP contribution < -0.4 is 20.9 Å². The highest BCUT2D eigenvalue weighted by molar-refractivity contribution is 7.85. The molecule has 6 N–H and O–H groups in total. The Kier molecular flexibility index (Phi) is 8.03. The summed E-state index contributed by atoms with van der Waals surface area (Å²) in [5.41, 5.74) is 11.5. The standard InChI is InChI=1S/C29H24F2N6O5S/c1-37-11-10-35-28(37)18-13-16(43(40)23-5-3-2-4-17(23)27(34)39)7-9-21(18)41-25-19(30)14-36-29(24(25)31)42-22-12-15(26(32)33)6-8-20(22)38/h2-9,12-14,38H,10-11H2,1H3,(H3,32,33)(H2,34,39). The van der Waals surface area contributed by atoms with Gasteiger partial charge in [-0.15, -0.1) is 0 Å². The first-order valence-electron chi connectivity index (χ1n) is 12.6. The normalized spacial score (nSPS) is 13.4. The molecule has 0 radical (unpaired) electrons. The fraction of sp³-hybridized carbons (Fsp3) is 0.103. The molecule has 14 heteroatoms. The van der Waals surface area contributed by atoms with E-state index in [0.29, 0.717) is 25.1 Å². The number of pyridine rings is 1. The van der Waals surface area contributed by atoms with E-state index in [4.69, 9.17) is 26.4 Å². The number of phenols is 1. The molecule has 220 valence electrons. The van der Waals surface area contributed by atoms with Gasteiger partial charge in [0, 0.05) is 24.1 Å². The summed E-state index contributed by atoms with van der Waals surface area (Å²) in [6.45, 7) is 1.01. The number of aliphatic imine (C=N–C) groups is 1. The molecule has 11 nitrogen and oxygen atoms in total. The summed E-state index contributed by atoms with van der Waals surface area (Å²) in [6, 6.07) is 14.3. The smallest absolute Gasteiger partial charge is 0.260 e. The summed E-state index contributed by atoms with van der Waals surface area (Å²) in [5, 5.41) is 17.7. The number of carbonyl (C=O) groups excluding carboxylic acids is 1. The number of carbonyl (C=O) groups is 1. The van der Waals surface area contributed by atoms with Gasteiger partial charge < -0.3 is 30.9 Å². The molecule has 1 aromatic heterocycles. The highest BCUT2D eigenvalue weighted by Crippen LogP contribution is 2.38. The molecule has 0 saturated carbocycles. The van der Waals surface area contributed by atoms with Gasteiger partial charge in [0.25, 0.3) is 5.88 Å². The van der Waals surface area contributed by atoms with Crippen molar-refractivity contribution in [1.82, 2.24) is 9.88 Å². The van der Waals surface area contributed by atoms with E-state index in [0.717, 1.165) is 0 Å². The van der Waals surface area contributed by atoms with Crippen molar-refractivity contribution in [2.75, 3.05) is 20.1 Å². The molecule has 3 aromatic carbocycles. The van der Waals surface area contributed by atoms with Crippen LogP contribution in [-0.2, 0) is 10.8 Å². The van der Waals surface area contributed by atoms with Gasteiger partial charge in [-0.05, 0) is 48.5 Å². The Bertz CT molecular complexity index is 1830. The van der Waals surface area contributed by atoms with E-state index in [1.165, 1.54) is 48.5 Å². The van der Waals surface area contributed by atoms with E-state index in [-0.39, 0.29) is 43.8 Å². The fourth-order valence-corrected chi connectivity index (χ4v) is 5.49. The van der Waals surface area contributed by atoms with Crippen molar-refractivity contribution < 1.29 is 32.4 Å². The minimum absolute atomic E-state index is 0.0205. The van der Waals surface area contributed by atoms with E-state index < -0.39 is 45.7 Å². The maximum atomic E-state index is 15.6. The number of hydrogen-bond acceptors (Lipinski definition) is 9. The summed E-state index contributed by atoms with van der Waals surface area (Å²) >= 11 is 0. The lowest BCUT2D eigenvalue weighted by Gasteiger charge is -2.19. The lowest BCUT2D eigenvalue weighted by molar-refractivity contribution is 0.0997. The second kappa shape index (κ2) is 11.9. The number of rotatable bonds is 9. The average molecular weight is 607 g/mol. The number of amidine groups is 2. The second-order valence-electron chi connectivity index (χ2n) is 9.27. The van der Waals surface area contributed by atoms with Gasteiger partial charge in [-0.25, -0.2) is 13.6 Å². The minimum Gasteiger partial charge on any atom is -0.504 e. The van der Waals surface area contributed by atoms with Crippen LogP contribution in [0.3, 0.4) is 0 Å². The number of aromatic nitrogens is 1. The molecule has 0 fully saturated rings. The zero-order valence-electron chi connectivity index (χ0n) is 22.5. The van der Waals surface area contributed by atoms with E-state index in [1.54, 1.807) is 24.1 Å². The molecule has 1 atom stereocenters. The van der Waals surface area contributed by atoms with Gasteiger partial charge in [0.1, 0.15) is 17.4 Å². The van der Waals surface area contributed by atoms with Crippen LogP contribution in [0.15, 0.2) is 81.6 Å². The number of halogens is 2. The number of nitrogens with zero attached hydrogens (tertiary/aromatic N) is 3. The summed E-state index contributed by atoms with van der Waals surface area (Å²) in [7, 11) is -0.0871. The summed E-state index contributed by atoms with van der Waals surface area (Å²) in [4.78, 5) is 22.3. The molecule has 5 rings (SSSR count). The molecule has 0 aliphatic carbocycles. The Balaban J connectivity index is 1.55. The van der Waals surface area contributed by atoms with Crippen molar-refractivity contribution in [1.29, 1.82) is 5.41 Å². The van der Waals surface area contributed by atoms with Crippen LogP contribution in [0.2, 0.25) is 0 Å². The zero-order chi connectivity index (χ0) is 30.8. The lowest BCUT2D eigenvalue weighted by Crippen LogP contribution is -2.24. The maximum absolute atomic E-state index is 15.6. The third-order valence-corrected chi connectivity index (χ3v) is 7.84. The van der Waals surface area contributed by atoms with Gasteiger partial charge in [-0.2, -0.15) is 4.39 Å². The number of likely N-dealkylation sites (N-methyl/N-ethyl adjacent to an activating group) is 1. The number of hydrogen-bond donors (Lipinski definition) is 4. The summed E-state index contributed by atoms with van der Waals surface area (Å²) in [6.07, 6.45) is 0.683. The molecule has 1 unspecified atom stereocenters. The van der Waals surface area contributed by atoms with Crippen LogP contribution in [0.25, 0.3) is 0 Å².